The van der Waals surface area contributed by atoms with Crippen molar-refractivity contribution in [3.63, 3.8) is 0 Å². The molecule has 11 nitrogen and oxygen atoms in total. The fraction of sp³-hybridized carbons (Fsp3) is 0.118. The molecule has 2 aromatic carbocycles. The Hall–Kier alpha value is -3.51. The third-order valence-electron chi connectivity index (χ3n) is 4.39. The van der Waals surface area contributed by atoms with Gasteiger partial charge in [0.25, 0.3) is 21.7 Å². The van der Waals surface area contributed by atoms with E-state index in [1.54, 1.807) is 24.3 Å². The van der Waals surface area contributed by atoms with Crippen LogP contribution in [-0.2, 0) is 14.8 Å². The van der Waals surface area contributed by atoms with Gasteiger partial charge in [0.05, 0.1) is 17.4 Å². The number of carbonyl (C=O) groups excluding carboxylic acids is 1. The Labute approximate surface area is 174 Å². The number of para-hydroxylation sites is 1. The van der Waals surface area contributed by atoms with Crippen molar-refractivity contribution in [2.45, 2.75) is 17.4 Å². The summed E-state index contributed by atoms with van der Waals surface area (Å²) in [5.74, 6) is -0.598. The molecule has 30 heavy (non-hydrogen) atoms. The predicted molar refractivity (Wildman–Crippen MR) is 107 cm³/mol. The zero-order valence-electron chi connectivity index (χ0n) is 15.0. The SMILES string of the molecule is O=C1CC(c2ccc(Cl)cc2)n2nc(NS(=O)(=O)c3ccccc3[N+](=O)[O-])nc2N1. The highest BCUT2D eigenvalue weighted by molar-refractivity contribution is 7.92. The van der Waals surface area contributed by atoms with Crippen LogP contribution in [0.5, 0.6) is 0 Å². The molecule has 1 unspecified atom stereocenters. The summed E-state index contributed by atoms with van der Waals surface area (Å²) in [6, 6.07) is 11.2. The van der Waals surface area contributed by atoms with Crippen LogP contribution in [0, 0.1) is 10.1 Å². The van der Waals surface area contributed by atoms with Crippen LogP contribution in [0.3, 0.4) is 0 Å². The Balaban J connectivity index is 1.70. The molecule has 0 spiro atoms. The highest BCUT2D eigenvalue weighted by atomic mass is 35.5. The number of aromatic nitrogens is 3. The third kappa shape index (κ3) is 3.69. The van der Waals surface area contributed by atoms with Crippen LogP contribution in [0.1, 0.15) is 18.0 Å². The maximum Gasteiger partial charge on any atom is 0.289 e. The van der Waals surface area contributed by atoms with Gasteiger partial charge in [-0.25, -0.2) is 17.8 Å². The van der Waals surface area contributed by atoms with Crippen LogP contribution in [-0.4, -0.2) is 34.0 Å². The molecule has 0 saturated carbocycles. The average Bonchev–Trinajstić information content (AvgIpc) is 3.09. The van der Waals surface area contributed by atoms with Gasteiger partial charge in [0, 0.05) is 11.1 Å². The van der Waals surface area contributed by atoms with E-state index >= 15 is 0 Å². The monoisotopic (exact) mass is 448 g/mol. The largest absolute Gasteiger partial charge is 0.295 e. The molecule has 1 aromatic heterocycles. The molecule has 0 bridgehead atoms. The van der Waals surface area contributed by atoms with Gasteiger partial charge in [0.2, 0.25) is 11.9 Å². The number of sulfonamides is 1. The number of halogens is 1. The fourth-order valence-electron chi connectivity index (χ4n) is 3.06. The zero-order valence-corrected chi connectivity index (χ0v) is 16.6. The van der Waals surface area contributed by atoms with Crippen molar-refractivity contribution in [3.8, 4) is 0 Å². The molecule has 0 saturated heterocycles. The summed E-state index contributed by atoms with van der Waals surface area (Å²) in [6.07, 6.45) is 0.0638. The number of nitrogens with zero attached hydrogens (tertiary/aromatic N) is 4. The Bertz CT molecular complexity index is 1260. The zero-order chi connectivity index (χ0) is 21.5. The predicted octanol–water partition coefficient (Wildman–Crippen LogP) is 2.57. The minimum absolute atomic E-state index is 0.0476. The summed E-state index contributed by atoms with van der Waals surface area (Å²) < 4.78 is 28.9. The van der Waals surface area contributed by atoms with Crippen molar-refractivity contribution in [2.75, 3.05) is 10.0 Å². The number of nitro benzene ring substituents is 1. The number of amides is 1. The smallest absolute Gasteiger partial charge is 0.289 e. The van der Waals surface area contributed by atoms with Gasteiger partial charge in [-0.3, -0.25) is 20.2 Å². The lowest BCUT2D eigenvalue weighted by atomic mass is 10.0. The number of anilines is 2. The topological polar surface area (TPSA) is 149 Å². The first-order chi connectivity index (χ1) is 14.2. The molecule has 154 valence electrons. The number of nitro groups is 1. The molecule has 2 heterocycles. The van der Waals surface area contributed by atoms with E-state index in [4.69, 9.17) is 11.6 Å². The van der Waals surface area contributed by atoms with Gasteiger partial charge in [-0.15, -0.1) is 5.10 Å². The lowest BCUT2D eigenvalue weighted by molar-refractivity contribution is -0.387. The summed E-state index contributed by atoms with van der Waals surface area (Å²) in [6.45, 7) is 0. The van der Waals surface area contributed by atoms with Gasteiger partial charge < -0.3 is 0 Å². The summed E-state index contributed by atoms with van der Waals surface area (Å²) >= 11 is 5.91. The summed E-state index contributed by atoms with van der Waals surface area (Å²) in [5, 5.41) is 18.4. The van der Waals surface area contributed by atoms with Gasteiger partial charge in [-0.05, 0) is 23.8 Å². The Kier molecular flexibility index (Phi) is 4.87. The number of rotatable bonds is 5. The molecule has 13 heteroatoms. The lowest BCUT2D eigenvalue weighted by Gasteiger charge is -2.23. The number of nitrogens with one attached hydrogen (secondary N) is 2. The van der Waals surface area contributed by atoms with E-state index in [2.05, 4.69) is 20.1 Å². The van der Waals surface area contributed by atoms with Crippen molar-refractivity contribution in [1.82, 2.24) is 14.8 Å². The molecule has 1 aliphatic rings. The third-order valence-corrected chi connectivity index (χ3v) is 6.02. The molecule has 0 fully saturated rings. The number of carbonyl (C=O) groups is 1. The maximum absolute atomic E-state index is 12.7. The summed E-state index contributed by atoms with van der Waals surface area (Å²) in [5.41, 5.74) is 0.148. The average molecular weight is 449 g/mol. The van der Waals surface area contributed by atoms with E-state index in [0.29, 0.717) is 5.02 Å². The van der Waals surface area contributed by atoms with Crippen molar-refractivity contribution in [2.24, 2.45) is 0 Å². The van der Waals surface area contributed by atoms with Crippen LogP contribution < -0.4 is 10.0 Å². The van der Waals surface area contributed by atoms with E-state index in [0.717, 1.165) is 17.7 Å². The van der Waals surface area contributed by atoms with Crippen molar-refractivity contribution < 1.29 is 18.1 Å². The van der Waals surface area contributed by atoms with Crippen molar-refractivity contribution in [1.29, 1.82) is 0 Å². The van der Waals surface area contributed by atoms with Crippen molar-refractivity contribution in [3.05, 3.63) is 69.2 Å². The van der Waals surface area contributed by atoms with Gasteiger partial charge in [-0.2, -0.15) is 4.98 Å². The van der Waals surface area contributed by atoms with E-state index in [-0.39, 0.29) is 24.2 Å². The molecular formula is C17H13ClN6O5S. The number of benzene rings is 2. The Morgan fingerprint density at radius 1 is 1.20 bits per heavy atom. The molecule has 2 N–H and O–H groups in total. The molecule has 4 rings (SSSR count). The molecule has 0 radical (unpaired) electrons. The summed E-state index contributed by atoms with van der Waals surface area (Å²) in [7, 11) is -4.35. The highest BCUT2D eigenvalue weighted by Crippen LogP contribution is 2.31. The van der Waals surface area contributed by atoms with Gasteiger partial charge >= 0.3 is 0 Å². The number of fused-ring (bicyclic) bond motifs is 1. The van der Waals surface area contributed by atoms with Crippen LogP contribution in [0.25, 0.3) is 0 Å². The van der Waals surface area contributed by atoms with Crippen LogP contribution in [0.2, 0.25) is 5.02 Å². The van der Waals surface area contributed by atoms with Crippen LogP contribution >= 0.6 is 11.6 Å². The highest BCUT2D eigenvalue weighted by Gasteiger charge is 2.31. The standard InChI is InChI=1S/C17H13ClN6O5S/c18-11-7-5-10(6-8-11)13-9-15(25)19-17-20-16(21-23(13)17)22-30(28,29)14-4-2-1-3-12(14)24(26)27/h1-8,13H,9H2,(H2,19,20,21,22,25). The number of hydrogen-bond acceptors (Lipinski definition) is 7. The first kappa shape index (κ1) is 19.8. The molecule has 1 aliphatic heterocycles. The van der Waals surface area contributed by atoms with Gasteiger partial charge in [0.15, 0.2) is 4.90 Å². The second-order valence-corrected chi connectivity index (χ2v) is 8.44. The van der Waals surface area contributed by atoms with Crippen LogP contribution in [0.4, 0.5) is 17.6 Å². The van der Waals surface area contributed by atoms with E-state index < -0.39 is 31.6 Å². The van der Waals surface area contributed by atoms with Gasteiger partial charge in [-0.1, -0.05) is 35.9 Å². The van der Waals surface area contributed by atoms with Gasteiger partial charge in [0.1, 0.15) is 0 Å². The molecule has 0 aliphatic carbocycles. The molecule has 3 aromatic rings. The van der Waals surface area contributed by atoms with E-state index in [1.165, 1.54) is 16.8 Å². The quantitative estimate of drug-likeness (QED) is 0.449. The van der Waals surface area contributed by atoms with E-state index in [1.807, 2.05) is 0 Å². The second-order valence-electron chi connectivity index (χ2n) is 6.35. The normalized spacial score (nSPS) is 15.9. The minimum atomic E-state index is -4.35. The second kappa shape index (κ2) is 7.39. The van der Waals surface area contributed by atoms with Crippen molar-refractivity contribution >= 4 is 45.1 Å². The number of hydrogen-bond donors (Lipinski definition) is 2. The molecule has 1 amide bonds. The summed E-state index contributed by atoms with van der Waals surface area (Å²) in [4.78, 5) is 25.9. The Morgan fingerprint density at radius 3 is 2.60 bits per heavy atom. The van der Waals surface area contributed by atoms with Crippen LogP contribution in [0.15, 0.2) is 53.4 Å². The molecule has 1 atom stereocenters. The van der Waals surface area contributed by atoms with E-state index in [9.17, 15) is 23.3 Å². The minimum Gasteiger partial charge on any atom is -0.295 e. The Morgan fingerprint density at radius 2 is 1.90 bits per heavy atom. The fourth-order valence-corrected chi connectivity index (χ4v) is 4.30. The first-order valence-electron chi connectivity index (χ1n) is 8.53. The lowest BCUT2D eigenvalue weighted by Crippen LogP contribution is -2.29. The molecular weight excluding hydrogens is 436 g/mol. The maximum atomic E-state index is 12.7. The first-order valence-corrected chi connectivity index (χ1v) is 10.4.